The predicted molar refractivity (Wildman–Crippen MR) is 94.8 cm³/mol. The summed E-state index contributed by atoms with van der Waals surface area (Å²) in [5, 5.41) is 5.75. The monoisotopic (exact) mass is 366 g/mol. The molecule has 1 saturated heterocycles. The zero-order chi connectivity index (χ0) is 16.9. The second kappa shape index (κ2) is 7.90. The van der Waals surface area contributed by atoms with Crippen LogP contribution in [-0.2, 0) is 9.53 Å². The molecule has 24 heavy (non-hydrogen) atoms. The lowest BCUT2D eigenvalue weighted by Crippen LogP contribution is -2.42. The van der Waals surface area contributed by atoms with Gasteiger partial charge in [-0.1, -0.05) is 29.3 Å². The van der Waals surface area contributed by atoms with Crippen LogP contribution in [0.1, 0.15) is 5.56 Å². The summed E-state index contributed by atoms with van der Waals surface area (Å²) in [5.74, 6) is -0.176. The number of rotatable bonds is 4. The van der Waals surface area contributed by atoms with Crippen molar-refractivity contribution in [2.75, 3.05) is 32.8 Å². The maximum absolute atomic E-state index is 11.9. The van der Waals surface area contributed by atoms with Gasteiger partial charge in [0.1, 0.15) is 5.15 Å². The number of benzene rings is 1. The van der Waals surface area contributed by atoms with Crippen molar-refractivity contribution in [3.63, 3.8) is 0 Å². The van der Waals surface area contributed by atoms with Crippen LogP contribution in [0.5, 0.6) is 0 Å². The first-order chi connectivity index (χ1) is 11.6. The lowest BCUT2D eigenvalue weighted by atomic mass is 10.2. The van der Waals surface area contributed by atoms with Gasteiger partial charge in [-0.3, -0.25) is 9.69 Å². The van der Waals surface area contributed by atoms with Gasteiger partial charge in [-0.2, -0.15) is 5.10 Å². The van der Waals surface area contributed by atoms with E-state index in [-0.39, 0.29) is 5.91 Å². The molecule has 8 heteroatoms. The maximum Gasteiger partial charge on any atom is 0.254 e. The number of morpholine rings is 1. The van der Waals surface area contributed by atoms with E-state index < -0.39 is 0 Å². The number of ether oxygens (including phenoxy) is 1. The van der Waals surface area contributed by atoms with Crippen molar-refractivity contribution in [3.05, 3.63) is 40.0 Å². The van der Waals surface area contributed by atoms with E-state index in [1.807, 2.05) is 17.0 Å². The van der Waals surface area contributed by atoms with Crippen LogP contribution in [0.25, 0.3) is 10.9 Å². The summed E-state index contributed by atoms with van der Waals surface area (Å²) < 4.78 is 5.24. The van der Waals surface area contributed by atoms with E-state index in [1.54, 1.807) is 12.1 Å². The Bertz CT molecular complexity index is 776. The fraction of sp³-hybridized carbons (Fsp3) is 0.312. The fourth-order valence-electron chi connectivity index (χ4n) is 2.40. The van der Waals surface area contributed by atoms with E-state index in [4.69, 9.17) is 27.9 Å². The number of hydrogen-bond acceptors (Lipinski definition) is 5. The van der Waals surface area contributed by atoms with E-state index in [2.05, 4.69) is 15.5 Å². The lowest BCUT2D eigenvalue weighted by Gasteiger charge is -2.25. The van der Waals surface area contributed by atoms with E-state index in [9.17, 15) is 4.79 Å². The van der Waals surface area contributed by atoms with Crippen LogP contribution >= 0.6 is 23.2 Å². The van der Waals surface area contributed by atoms with Crippen molar-refractivity contribution in [1.29, 1.82) is 0 Å². The number of amides is 1. The van der Waals surface area contributed by atoms with Crippen LogP contribution in [0.15, 0.2) is 29.4 Å². The smallest absolute Gasteiger partial charge is 0.254 e. The van der Waals surface area contributed by atoms with Crippen LogP contribution < -0.4 is 5.43 Å². The number of carbonyl (C=O) groups excluding carboxylic acids is 1. The summed E-state index contributed by atoms with van der Waals surface area (Å²) in [7, 11) is 0. The summed E-state index contributed by atoms with van der Waals surface area (Å²) in [6, 6.07) is 7.23. The molecule has 1 N–H and O–H groups in total. The molecule has 0 saturated carbocycles. The van der Waals surface area contributed by atoms with Gasteiger partial charge in [0, 0.05) is 29.1 Å². The molecule has 2 heterocycles. The molecule has 1 aromatic heterocycles. The van der Waals surface area contributed by atoms with Crippen molar-refractivity contribution in [2.45, 2.75) is 0 Å². The van der Waals surface area contributed by atoms with Gasteiger partial charge < -0.3 is 4.74 Å². The number of carbonyl (C=O) groups is 1. The van der Waals surface area contributed by atoms with Gasteiger partial charge >= 0.3 is 0 Å². The standard InChI is InChI=1S/C16H16Cl2N4O2/c17-13-2-1-11-7-12(16(18)20-14(11)8-13)9-19-21-15(23)10-22-3-5-24-6-4-22/h1-2,7-9H,3-6,10H2,(H,21,23)/b19-9+. The minimum Gasteiger partial charge on any atom is -0.379 e. The van der Waals surface area contributed by atoms with E-state index in [1.165, 1.54) is 6.21 Å². The number of nitrogens with one attached hydrogen (secondary N) is 1. The summed E-state index contributed by atoms with van der Waals surface area (Å²) in [6.45, 7) is 3.10. The topological polar surface area (TPSA) is 66.8 Å². The number of halogens is 2. The van der Waals surface area contributed by atoms with Crippen LogP contribution in [0, 0.1) is 0 Å². The van der Waals surface area contributed by atoms with Crippen molar-refractivity contribution < 1.29 is 9.53 Å². The molecular weight excluding hydrogens is 351 g/mol. The lowest BCUT2D eigenvalue weighted by molar-refractivity contribution is -0.123. The number of nitrogens with zero attached hydrogens (tertiary/aromatic N) is 3. The molecule has 1 aliphatic rings. The van der Waals surface area contributed by atoms with Gasteiger partial charge in [0.25, 0.3) is 5.91 Å². The molecule has 126 valence electrons. The molecule has 1 fully saturated rings. The van der Waals surface area contributed by atoms with Gasteiger partial charge in [0.15, 0.2) is 0 Å². The normalized spacial score (nSPS) is 15.9. The quantitative estimate of drug-likeness (QED) is 0.512. The Balaban J connectivity index is 1.63. The molecule has 0 radical (unpaired) electrons. The second-order valence-corrected chi connectivity index (χ2v) is 6.18. The number of fused-ring (bicyclic) bond motifs is 1. The van der Waals surface area contributed by atoms with Gasteiger partial charge in [-0.05, 0) is 18.2 Å². The molecule has 6 nitrogen and oxygen atoms in total. The average Bonchev–Trinajstić information content (AvgIpc) is 2.56. The summed E-state index contributed by atoms with van der Waals surface area (Å²) >= 11 is 12.1. The largest absolute Gasteiger partial charge is 0.379 e. The Labute approximate surface area is 149 Å². The zero-order valence-electron chi connectivity index (χ0n) is 12.8. The van der Waals surface area contributed by atoms with E-state index in [0.29, 0.717) is 41.0 Å². The highest BCUT2D eigenvalue weighted by Crippen LogP contribution is 2.22. The number of hydrogen-bond donors (Lipinski definition) is 1. The number of aromatic nitrogens is 1. The van der Waals surface area contributed by atoms with E-state index >= 15 is 0 Å². The third kappa shape index (κ3) is 4.42. The highest BCUT2D eigenvalue weighted by molar-refractivity contribution is 6.33. The molecule has 3 rings (SSSR count). The van der Waals surface area contributed by atoms with Crippen molar-refractivity contribution in [3.8, 4) is 0 Å². The molecule has 0 aliphatic carbocycles. The maximum atomic E-state index is 11.9. The highest BCUT2D eigenvalue weighted by Gasteiger charge is 2.13. The van der Waals surface area contributed by atoms with Crippen LogP contribution in [0.4, 0.5) is 0 Å². The number of pyridine rings is 1. The first kappa shape index (κ1) is 17.1. The van der Waals surface area contributed by atoms with Crippen LogP contribution in [0.2, 0.25) is 10.2 Å². The summed E-state index contributed by atoms with van der Waals surface area (Å²) in [5.41, 5.74) is 3.84. The van der Waals surface area contributed by atoms with E-state index in [0.717, 1.165) is 18.5 Å². The molecule has 0 bridgehead atoms. The van der Waals surface area contributed by atoms with Crippen molar-refractivity contribution in [1.82, 2.24) is 15.3 Å². The fourth-order valence-corrected chi connectivity index (χ4v) is 2.76. The van der Waals surface area contributed by atoms with Crippen molar-refractivity contribution in [2.24, 2.45) is 5.10 Å². The molecule has 2 aromatic rings. The Kier molecular flexibility index (Phi) is 5.63. The van der Waals surface area contributed by atoms with Gasteiger partial charge in [-0.15, -0.1) is 0 Å². The van der Waals surface area contributed by atoms with Crippen LogP contribution in [-0.4, -0.2) is 54.9 Å². The molecule has 0 atom stereocenters. The molecule has 1 aliphatic heterocycles. The van der Waals surface area contributed by atoms with Crippen LogP contribution in [0.3, 0.4) is 0 Å². The zero-order valence-corrected chi connectivity index (χ0v) is 14.3. The van der Waals surface area contributed by atoms with Gasteiger partial charge in [0.2, 0.25) is 0 Å². The Morgan fingerprint density at radius 3 is 2.92 bits per heavy atom. The summed E-state index contributed by atoms with van der Waals surface area (Å²) in [6.07, 6.45) is 1.49. The summed E-state index contributed by atoms with van der Waals surface area (Å²) in [4.78, 5) is 18.2. The highest BCUT2D eigenvalue weighted by atomic mass is 35.5. The molecule has 0 unspecified atom stereocenters. The van der Waals surface area contributed by atoms with Gasteiger partial charge in [-0.25, -0.2) is 10.4 Å². The molecular formula is C16H16Cl2N4O2. The molecule has 1 aromatic carbocycles. The second-order valence-electron chi connectivity index (χ2n) is 5.39. The Morgan fingerprint density at radius 2 is 2.12 bits per heavy atom. The Hall–Kier alpha value is -1.73. The third-order valence-electron chi connectivity index (χ3n) is 3.62. The Morgan fingerprint density at radius 1 is 1.33 bits per heavy atom. The predicted octanol–water partition coefficient (Wildman–Crippen LogP) is 2.32. The van der Waals surface area contributed by atoms with Gasteiger partial charge in [0.05, 0.1) is 31.5 Å². The molecule has 1 amide bonds. The SMILES string of the molecule is O=C(CN1CCOCC1)N/N=C/c1cc2ccc(Cl)cc2nc1Cl. The molecule has 0 spiro atoms. The van der Waals surface area contributed by atoms with Crippen molar-refractivity contribution >= 4 is 46.2 Å². The number of hydrazone groups is 1. The third-order valence-corrected chi connectivity index (χ3v) is 4.16. The first-order valence-corrected chi connectivity index (χ1v) is 8.25. The minimum absolute atomic E-state index is 0.176. The average molecular weight is 367 g/mol. The minimum atomic E-state index is -0.176. The first-order valence-electron chi connectivity index (χ1n) is 7.49.